The zero-order valence-corrected chi connectivity index (χ0v) is 14.1. The predicted molar refractivity (Wildman–Crippen MR) is 91.0 cm³/mol. The van der Waals surface area contributed by atoms with Crippen molar-refractivity contribution in [2.45, 2.75) is 12.1 Å². The molecule has 1 aromatic rings. The van der Waals surface area contributed by atoms with E-state index in [1.54, 1.807) is 12.1 Å². The van der Waals surface area contributed by atoms with Gasteiger partial charge in [0.05, 0.1) is 25.9 Å². The molecule has 0 amide bonds. The second-order valence-corrected chi connectivity index (χ2v) is 6.94. The summed E-state index contributed by atoms with van der Waals surface area (Å²) < 4.78 is 24.2. The van der Waals surface area contributed by atoms with E-state index in [4.69, 9.17) is 9.47 Å². The molecule has 3 fully saturated rings. The van der Waals surface area contributed by atoms with Gasteiger partial charge in [0.25, 0.3) is 0 Å². The Bertz CT molecular complexity index is 522. The zero-order chi connectivity index (χ0) is 16.4. The molecule has 0 saturated carbocycles. The number of ether oxygens (including phenoxy) is 2. The van der Waals surface area contributed by atoms with Gasteiger partial charge in [-0.3, -0.25) is 9.80 Å². The van der Waals surface area contributed by atoms with Gasteiger partial charge in [0, 0.05) is 57.5 Å². The first kappa shape index (κ1) is 16.3. The van der Waals surface area contributed by atoms with Gasteiger partial charge in [-0.2, -0.15) is 0 Å². The van der Waals surface area contributed by atoms with Crippen LogP contribution in [0.2, 0.25) is 0 Å². The van der Waals surface area contributed by atoms with Crippen LogP contribution in [0, 0.1) is 5.82 Å². The van der Waals surface area contributed by atoms with E-state index in [9.17, 15) is 4.39 Å². The first-order chi connectivity index (χ1) is 11.8. The van der Waals surface area contributed by atoms with Crippen molar-refractivity contribution in [2.75, 3.05) is 70.5 Å². The second-order valence-electron chi connectivity index (χ2n) is 6.94. The van der Waals surface area contributed by atoms with Crippen LogP contribution in [0.25, 0.3) is 0 Å². The average molecular weight is 335 g/mol. The van der Waals surface area contributed by atoms with Crippen molar-refractivity contribution >= 4 is 5.69 Å². The molecule has 1 unspecified atom stereocenters. The van der Waals surface area contributed by atoms with Crippen LogP contribution in [0.4, 0.5) is 10.1 Å². The van der Waals surface area contributed by atoms with Crippen LogP contribution in [0.5, 0.6) is 0 Å². The summed E-state index contributed by atoms with van der Waals surface area (Å²) in [5.74, 6) is -0.167. The molecule has 0 spiro atoms. The lowest BCUT2D eigenvalue weighted by Gasteiger charge is -2.49. The molecule has 3 heterocycles. The van der Waals surface area contributed by atoms with Crippen LogP contribution in [0.15, 0.2) is 24.3 Å². The third-order valence-electron chi connectivity index (χ3n) is 5.31. The fraction of sp³-hybridized carbons (Fsp3) is 0.667. The smallest absolute Gasteiger partial charge is 0.123 e. The summed E-state index contributed by atoms with van der Waals surface area (Å²) in [6.45, 7) is 9.66. The van der Waals surface area contributed by atoms with Gasteiger partial charge >= 0.3 is 0 Å². The third kappa shape index (κ3) is 3.72. The van der Waals surface area contributed by atoms with E-state index in [1.165, 1.54) is 0 Å². The standard InChI is InChI=1S/C18H26FN3O2/c19-15-1-3-16(4-2-15)21-5-7-22(8-6-21)17-11-20(12-17)13-18-14-23-9-10-24-18/h1-4,17-18H,5-14H2. The van der Waals surface area contributed by atoms with Gasteiger partial charge in [-0.1, -0.05) is 0 Å². The summed E-state index contributed by atoms with van der Waals surface area (Å²) in [4.78, 5) is 7.41. The van der Waals surface area contributed by atoms with Crippen molar-refractivity contribution in [3.05, 3.63) is 30.1 Å². The molecular formula is C18H26FN3O2. The Morgan fingerprint density at radius 2 is 1.75 bits per heavy atom. The Morgan fingerprint density at radius 1 is 1.00 bits per heavy atom. The van der Waals surface area contributed by atoms with Gasteiger partial charge < -0.3 is 14.4 Å². The van der Waals surface area contributed by atoms with Crippen LogP contribution in [-0.2, 0) is 9.47 Å². The van der Waals surface area contributed by atoms with Crippen molar-refractivity contribution in [3.63, 3.8) is 0 Å². The molecule has 1 aromatic carbocycles. The lowest BCUT2D eigenvalue weighted by atomic mass is 10.0. The summed E-state index contributed by atoms with van der Waals surface area (Å²) in [7, 11) is 0. The van der Waals surface area contributed by atoms with Crippen molar-refractivity contribution in [2.24, 2.45) is 0 Å². The van der Waals surface area contributed by atoms with E-state index >= 15 is 0 Å². The second kappa shape index (κ2) is 7.35. The number of hydrogen-bond donors (Lipinski definition) is 0. The molecule has 6 heteroatoms. The molecule has 3 aliphatic heterocycles. The van der Waals surface area contributed by atoms with Gasteiger partial charge in [-0.15, -0.1) is 0 Å². The maximum atomic E-state index is 13.0. The highest BCUT2D eigenvalue weighted by molar-refractivity contribution is 5.46. The monoisotopic (exact) mass is 335 g/mol. The lowest BCUT2D eigenvalue weighted by molar-refractivity contribution is -0.109. The van der Waals surface area contributed by atoms with E-state index < -0.39 is 0 Å². The predicted octanol–water partition coefficient (Wildman–Crippen LogP) is 1.05. The Balaban J connectivity index is 1.19. The quantitative estimate of drug-likeness (QED) is 0.820. The van der Waals surface area contributed by atoms with E-state index in [0.717, 1.165) is 71.3 Å². The number of hydrogen-bond acceptors (Lipinski definition) is 5. The summed E-state index contributed by atoms with van der Waals surface area (Å²) in [5.41, 5.74) is 1.13. The van der Waals surface area contributed by atoms with Crippen LogP contribution in [0.3, 0.4) is 0 Å². The molecule has 0 N–H and O–H groups in total. The minimum absolute atomic E-state index is 0.167. The first-order valence-corrected chi connectivity index (χ1v) is 8.94. The Hall–Kier alpha value is -1.21. The van der Waals surface area contributed by atoms with Crippen LogP contribution < -0.4 is 4.90 Å². The maximum Gasteiger partial charge on any atom is 0.123 e. The van der Waals surface area contributed by atoms with Crippen LogP contribution in [-0.4, -0.2) is 87.6 Å². The first-order valence-electron chi connectivity index (χ1n) is 8.94. The van der Waals surface area contributed by atoms with Gasteiger partial charge in [0.1, 0.15) is 5.82 Å². The molecule has 0 aromatic heterocycles. The number of nitrogens with zero attached hydrogens (tertiary/aromatic N) is 3. The van der Waals surface area contributed by atoms with Gasteiger partial charge in [0.2, 0.25) is 0 Å². The van der Waals surface area contributed by atoms with E-state index in [2.05, 4.69) is 14.7 Å². The van der Waals surface area contributed by atoms with Gasteiger partial charge in [-0.25, -0.2) is 4.39 Å². The molecule has 0 bridgehead atoms. The SMILES string of the molecule is Fc1ccc(N2CCN(C3CN(CC4COCCO4)C3)CC2)cc1. The van der Waals surface area contributed by atoms with Crippen molar-refractivity contribution in [1.82, 2.24) is 9.80 Å². The van der Waals surface area contributed by atoms with E-state index in [-0.39, 0.29) is 11.9 Å². The van der Waals surface area contributed by atoms with Gasteiger partial charge in [0.15, 0.2) is 0 Å². The molecule has 24 heavy (non-hydrogen) atoms. The molecule has 0 radical (unpaired) electrons. The van der Waals surface area contributed by atoms with Crippen molar-refractivity contribution in [1.29, 1.82) is 0 Å². The zero-order valence-electron chi connectivity index (χ0n) is 14.1. The minimum Gasteiger partial charge on any atom is -0.376 e. The molecule has 3 aliphatic rings. The number of anilines is 1. The normalized spacial score (nSPS) is 27.2. The number of halogens is 1. The van der Waals surface area contributed by atoms with Crippen molar-refractivity contribution < 1.29 is 13.9 Å². The highest BCUT2D eigenvalue weighted by Crippen LogP contribution is 2.21. The fourth-order valence-electron chi connectivity index (χ4n) is 3.85. The topological polar surface area (TPSA) is 28.2 Å². The molecule has 4 rings (SSSR count). The molecular weight excluding hydrogens is 309 g/mol. The molecule has 3 saturated heterocycles. The summed E-state index contributed by atoms with van der Waals surface area (Å²) in [6, 6.07) is 7.51. The molecule has 1 atom stereocenters. The molecule has 132 valence electrons. The van der Waals surface area contributed by atoms with Crippen LogP contribution >= 0.6 is 0 Å². The number of benzene rings is 1. The summed E-state index contributed by atoms with van der Waals surface area (Å²) in [6.07, 6.45) is 0.245. The highest BCUT2D eigenvalue weighted by Gasteiger charge is 2.34. The highest BCUT2D eigenvalue weighted by atomic mass is 19.1. The van der Waals surface area contributed by atoms with E-state index in [1.807, 2.05) is 12.1 Å². The summed E-state index contributed by atoms with van der Waals surface area (Å²) in [5, 5.41) is 0. The Labute approximate surface area is 142 Å². The third-order valence-corrected chi connectivity index (χ3v) is 5.31. The average Bonchev–Trinajstić information content (AvgIpc) is 2.60. The molecule has 5 nitrogen and oxygen atoms in total. The maximum absolute atomic E-state index is 13.0. The van der Waals surface area contributed by atoms with E-state index in [0.29, 0.717) is 6.04 Å². The largest absolute Gasteiger partial charge is 0.376 e. The Kier molecular flexibility index (Phi) is 4.98. The number of rotatable bonds is 4. The minimum atomic E-state index is -0.167. The fourth-order valence-corrected chi connectivity index (χ4v) is 3.85. The lowest BCUT2D eigenvalue weighted by Crippen LogP contribution is -2.64. The van der Waals surface area contributed by atoms with Crippen LogP contribution in [0.1, 0.15) is 0 Å². The van der Waals surface area contributed by atoms with Crippen molar-refractivity contribution in [3.8, 4) is 0 Å². The number of piperazine rings is 1. The molecule has 0 aliphatic carbocycles. The summed E-state index contributed by atoms with van der Waals surface area (Å²) >= 11 is 0. The van der Waals surface area contributed by atoms with Gasteiger partial charge in [-0.05, 0) is 24.3 Å². The Morgan fingerprint density at radius 3 is 2.42 bits per heavy atom. The number of likely N-dealkylation sites (tertiary alicyclic amines) is 1.